The van der Waals surface area contributed by atoms with Gasteiger partial charge in [0.05, 0.1) is 11.8 Å². The number of carbonyl (C=O) groups is 2. The van der Waals surface area contributed by atoms with E-state index in [1.165, 1.54) is 18.6 Å². The normalized spacial score (nSPS) is 10.9. The van der Waals surface area contributed by atoms with Crippen molar-refractivity contribution in [2.75, 3.05) is 0 Å². The highest BCUT2D eigenvalue weighted by Crippen LogP contribution is 2.27. The van der Waals surface area contributed by atoms with Crippen molar-refractivity contribution in [3.8, 4) is 5.75 Å². The molecule has 0 radical (unpaired) electrons. The number of benzene rings is 3. The summed E-state index contributed by atoms with van der Waals surface area (Å²) in [4.78, 5) is 28.8. The smallest absolute Gasteiger partial charge is 0.343 e. The van der Waals surface area contributed by atoms with Crippen LogP contribution in [0.2, 0.25) is 0 Å². The van der Waals surface area contributed by atoms with Crippen LogP contribution in [0, 0.1) is 6.92 Å². The van der Waals surface area contributed by atoms with E-state index < -0.39 is 5.97 Å². The number of pyridine rings is 1. The standard InChI is InChI=1S/C25H19N3O3/c1-17-6-8-20(9-7-17)25(30)31-23-11-10-18-4-2-3-5-21(18)22(23)16-27-28-24(29)19-12-14-26-15-13-19/h2-16H,1H3,(H,28,29). The maximum atomic E-state index is 12.6. The van der Waals surface area contributed by atoms with Crippen molar-refractivity contribution in [1.29, 1.82) is 0 Å². The quantitative estimate of drug-likeness (QED) is 0.227. The monoisotopic (exact) mass is 409 g/mol. The molecule has 0 saturated carbocycles. The summed E-state index contributed by atoms with van der Waals surface area (Å²) in [5.74, 6) is -0.478. The number of amides is 1. The fraction of sp³-hybridized carbons (Fsp3) is 0.0400. The molecule has 0 atom stereocenters. The Balaban J connectivity index is 1.63. The maximum Gasteiger partial charge on any atom is 0.343 e. The van der Waals surface area contributed by atoms with E-state index in [0.717, 1.165) is 16.3 Å². The summed E-state index contributed by atoms with van der Waals surface area (Å²) in [7, 11) is 0. The first-order chi connectivity index (χ1) is 15.1. The number of fused-ring (bicyclic) bond motifs is 1. The average Bonchev–Trinajstić information content (AvgIpc) is 2.81. The molecular formula is C25H19N3O3. The molecular weight excluding hydrogens is 390 g/mol. The lowest BCUT2D eigenvalue weighted by molar-refractivity contribution is 0.0734. The van der Waals surface area contributed by atoms with Crippen molar-refractivity contribution >= 4 is 28.9 Å². The number of esters is 1. The van der Waals surface area contributed by atoms with Gasteiger partial charge < -0.3 is 4.74 Å². The third-order valence-electron chi connectivity index (χ3n) is 4.72. The van der Waals surface area contributed by atoms with Crippen LogP contribution in [-0.2, 0) is 0 Å². The minimum absolute atomic E-state index is 0.353. The summed E-state index contributed by atoms with van der Waals surface area (Å²) >= 11 is 0. The van der Waals surface area contributed by atoms with Gasteiger partial charge in [0.1, 0.15) is 5.75 Å². The largest absolute Gasteiger partial charge is 0.422 e. The zero-order valence-corrected chi connectivity index (χ0v) is 16.8. The molecule has 0 spiro atoms. The van der Waals surface area contributed by atoms with Crippen LogP contribution in [0.3, 0.4) is 0 Å². The summed E-state index contributed by atoms with van der Waals surface area (Å²) in [5.41, 5.74) is 5.03. The lowest BCUT2D eigenvalue weighted by atomic mass is 10.0. The molecule has 0 aliphatic carbocycles. The molecule has 0 aliphatic heterocycles. The Morgan fingerprint density at radius 2 is 1.65 bits per heavy atom. The van der Waals surface area contributed by atoms with Crippen molar-refractivity contribution in [3.63, 3.8) is 0 Å². The summed E-state index contributed by atoms with van der Waals surface area (Å²) in [6.07, 6.45) is 4.55. The summed E-state index contributed by atoms with van der Waals surface area (Å²) in [6.45, 7) is 1.95. The van der Waals surface area contributed by atoms with E-state index in [0.29, 0.717) is 22.4 Å². The van der Waals surface area contributed by atoms with Crippen LogP contribution < -0.4 is 10.2 Å². The second-order valence-corrected chi connectivity index (χ2v) is 6.89. The number of rotatable bonds is 5. The van der Waals surface area contributed by atoms with Gasteiger partial charge in [0.2, 0.25) is 0 Å². The Morgan fingerprint density at radius 3 is 2.42 bits per heavy atom. The molecule has 31 heavy (non-hydrogen) atoms. The highest BCUT2D eigenvalue weighted by atomic mass is 16.5. The molecule has 0 bridgehead atoms. The van der Waals surface area contributed by atoms with Crippen molar-refractivity contribution in [2.45, 2.75) is 6.92 Å². The van der Waals surface area contributed by atoms with Gasteiger partial charge in [-0.1, -0.05) is 48.0 Å². The number of nitrogens with zero attached hydrogens (tertiary/aromatic N) is 2. The van der Waals surface area contributed by atoms with Gasteiger partial charge in [0.25, 0.3) is 5.91 Å². The molecule has 1 heterocycles. The van der Waals surface area contributed by atoms with Crippen LogP contribution >= 0.6 is 0 Å². The predicted molar refractivity (Wildman–Crippen MR) is 119 cm³/mol. The molecule has 0 saturated heterocycles. The molecule has 6 heteroatoms. The van der Waals surface area contributed by atoms with Gasteiger partial charge in [-0.05, 0) is 48.0 Å². The topological polar surface area (TPSA) is 80.6 Å². The highest BCUT2D eigenvalue weighted by Gasteiger charge is 2.13. The van der Waals surface area contributed by atoms with E-state index in [2.05, 4.69) is 15.5 Å². The summed E-state index contributed by atoms with van der Waals surface area (Å²) in [5, 5.41) is 5.89. The van der Waals surface area contributed by atoms with Gasteiger partial charge in [0, 0.05) is 23.5 Å². The fourth-order valence-electron chi connectivity index (χ4n) is 3.07. The lowest BCUT2D eigenvalue weighted by Crippen LogP contribution is -2.17. The molecule has 0 fully saturated rings. The number of hydrazone groups is 1. The van der Waals surface area contributed by atoms with Gasteiger partial charge in [-0.2, -0.15) is 5.10 Å². The van der Waals surface area contributed by atoms with Gasteiger partial charge in [-0.3, -0.25) is 9.78 Å². The minimum Gasteiger partial charge on any atom is -0.422 e. The van der Waals surface area contributed by atoms with Crippen molar-refractivity contribution < 1.29 is 14.3 Å². The third kappa shape index (κ3) is 4.64. The molecule has 152 valence electrons. The van der Waals surface area contributed by atoms with Crippen molar-refractivity contribution in [3.05, 3.63) is 107 Å². The molecule has 4 aromatic rings. The Hall–Kier alpha value is -4.32. The van der Waals surface area contributed by atoms with Crippen LogP contribution in [0.15, 0.2) is 90.3 Å². The first kappa shape index (κ1) is 20.0. The molecule has 3 aromatic carbocycles. The predicted octanol–water partition coefficient (Wildman–Crippen LogP) is 4.53. The van der Waals surface area contributed by atoms with Crippen LogP contribution in [0.4, 0.5) is 0 Å². The van der Waals surface area contributed by atoms with Crippen molar-refractivity contribution in [2.24, 2.45) is 5.10 Å². The van der Waals surface area contributed by atoms with Crippen LogP contribution in [0.25, 0.3) is 10.8 Å². The molecule has 0 aliphatic rings. The Labute approximate surface area is 179 Å². The molecule has 6 nitrogen and oxygen atoms in total. The van der Waals surface area contributed by atoms with Crippen LogP contribution in [0.1, 0.15) is 31.8 Å². The van der Waals surface area contributed by atoms with E-state index in [9.17, 15) is 9.59 Å². The number of hydrogen-bond acceptors (Lipinski definition) is 5. The SMILES string of the molecule is Cc1ccc(C(=O)Oc2ccc3ccccc3c2C=NNC(=O)c2ccncc2)cc1. The minimum atomic E-state index is -0.467. The van der Waals surface area contributed by atoms with Crippen LogP contribution in [-0.4, -0.2) is 23.1 Å². The molecule has 1 amide bonds. The second-order valence-electron chi connectivity index (χ2n) is 6.89. The Morgan fingerprint density at radius 1 is 0.903 bits per heavy atom. The zero-order chi connectivity index (χ0) is 21.6. The molecule has 4 rings (SSSR count). The number of hydrogen-bond donors (Lipinski definition) is 1. The highest BCUT2D eigenvalue weighted by molar-refractivity contribution is 6.04. The van der Waals surface area contributed by atoms with Gasteiger partial charge >= 0.3 is 5.97 Å². The van der Waals surface area contributed by atoms with E-state index >= 15 is 0 Å². The zero-order valence-electron chi connectivity index (χ0n) is 16.8. The molecule has 0 unspecified atom stereocenters. The van der Waals surface area contributed by atoms with Crippen molar-refractivity contribution in [1.82, 2.24) is 10.4 Å². The lowest BCUT2D eigenvalue weighted by Gasteiger charge is -2.11. The third-order valence-corrected chi connectivity index (χ3v) is 4.72. The van der Waals surface area contributed by atoms with E-state index in [-0.39, 0.29) is 5.91 Å². The second kappa shape index (κ2) is 9.00. The number of aromatic nitrogens is 1. The average molecular weight is 409 g/mol. The van der Waals surface area contributed by atoms with Gasteiger partial charge in [0.15, 0.2) is 0 Å². The number of aryl methyl sites for hydroxylation is 1. The van der Waals surface area contributed by atoms with E-state index in [1.807, 2.05) is 49.4 Å². The van der Waals surface area contributed by atoms with E-state index in [1.54, 1.807) is 30.3 Å². The van der Waals surface area contributed by atoms with Crippen LogP contribution in [0.5, 0.6) is 5.75 Å². The number of nitrogens with one attached hydrogen (secondary N) is 1. The summed E-state index contributed by atoms with van der Waals surface area (Å²) in [6, 6.07) is 21.6. The van der Waals surface area contributed by atoms with Gasteiger partial charge in [-0.25, -0.2) is 10.2 Å². The summed E-state index contributed by atoms with van der Waals surface area (Å²) < 4.78 is 5.67. The molecule has 1 aromatic heterocycles. The first-order valence-electron chi connectivity index (χ1n) is 9.66. The first-order valence-corrected chi connectivity index (χ1v) is 9.66. The van der Waals surface area contributed by atoms with Gasteiger partial charge in [-0.15, -0.1) is 0 Å². The number of carbonyl (C=O) groups excluding carboxylic acids is 2. The maximum absolute atomic E-state index is 12.6. The Bertz CT molecular complexity index is 1270. The Kier molecular flexibility index (Phi) is 5.80. The van der Waals surface area contributed by atoms with E-state index in [4.69, 9.17) is 4.74 Å². The molecule has 1 N–H and O–H groups in total. The fourth-order valence-corrected chi connectivity index (χ4v) is 3.07. The number of ether oxygens (including phenoxy) is 1.